The van der Waals surface area contributed by atoms with Crippen molar-refractivity contribution in [2.45, 2.75) is 19.4 Å². The molecule has 3 aromatic carbocycles. The molecule has 0 radical (unpaired) electrons. The highest BCUT2D eigenvalue weighted by atomic mass is 19.1. The van der Waals surface area contributed by atoms with E-state index in [1.165, 1.54) is 29.2 Å². The number of para-hydroxylation sites is 1. The van der Waals surface area contributed by atoms with Crippen LogP contribution in [-0.4, -0.2) is 30.0 Å². The topological polar surface area (TPSA) is 98.7 Å². The smallest absolute Gasteiger partial charge is 0.257 e. The van der Waals surface area contributed by atoms with E-state index >= 15 is 0 Å². The summed E-state index contributed by atoms with van der Waals surface area (Å²) in [6.07, 6.45) is 0.585. The van der Waals surface area contributed by atoms with Crippen molar-refractivity contribution >= 4 is 23.0 Å². The third-order valence-corrected chi connectivity index (χ3v) is 4.84. The number of anilines is 3. The van der Waals surface area contributed by atoms with Crippen LogP contribution in [-0.2, 0) is 0 Å². The summed E-state index contributed by atoms with van der Waals surface area (Å²) in [6.45, 7) is 1.89. The van der Waals surface area contributed by atoms with Crippen LogP contribution < -0.4 is 21.5 Å². The van der Waals surface area contributed by atoms with Gasteiger partial charge in [-0.05, 0) is 36.2 Å². The van der Waals surface area contributed by atoms with Gasteiger partial charge in [-0.1, -0.05) is 25.1 Å². The Morgan fingerprint density at radius 3 is 2.30 bits per heavy atom. The predicted octanol–water partition coefficient (Wildman–Crippen LogP) is 3.14. The number of phenolic OH excluding ortho intramolecular Hbond substituents is 1. The normalized spacial score (nSPS) is 11.9. The second kappa shape index (κ2) is 8.36. The van der Waals surface area contributed by atoms with Crippen molar-refractivity contribution in [2.24, 2.45) is 0 Å². The number of aromatic hydroxyl groups is 1. The van der Waals surface area contributed by atoms with E-state index in [-0.39, 0.29) is 40.2 Å². The summed E-state index contributed by atoms with van der Waals surface area (Å²) in [7, 11) is 3.11. The lowest BCUT2D eigenvalue weighted by Crippen LogP contribution is -2.37. The Balaban J connectivity index is 1.90. The molecule has 0 heterocycles. The molecule has 0 spiro atoms. The Hall–Kier alpha value is -3.68. The van der Waals surface area contributed by atoms with Gasteiger partial charge < -0.3 is 20.6 Å². The highest BCUT2D eigenvalue weighted by molar-refractivity contribution is 5.99. The van der Waals surface area contributed by atoms with Crippen LogP contribution >= 0.6 is 0 Å². The summed E-state index contributed by atoms with van der Waals surface area (Å²) in [5, 5.41) is 16.3. The Morgan fingerprint density at radius 1 is 1.07 bits per heavy atom. The van der Waals surface area contributed by atoms with Gasteiger partial charge in [-0.15, -0.1) is 0 Å². The molecule has 3 rings (SSSR count). The molecular weight excluding hydrogens is 389 g/mol. The lowest BCUT2D eigenvalue weighted by molar-refractivity contribution is 0.0824. The van der Waals surface area contributed by atoms with E-state index in [0.717, 1.165) is 5.56 Å². The van der Waals surface area contributed by atoms with Crippen molar-refractivity contribution < 1.29 is 14.3 Å². The Morgan fingerprint density at radius 2 is 1.70 bits per heavy atom. The number of hydrogen-bond acceptors (Lipinski definition) is 6. The zero-order valence-corrected chi connectivity index (χ0v) is 16.8. The zero-order valence-electron chi connectivity index (χ0n) is 16.8. The van der Waals surface area contributed by atoms with Gasteiger partial charge in [0, 0.05) is 14.1 Å². The molecule has 0 bridgehead atoms. The second-order valence-electron chi connectivity index (χ2n) is 7.09. The number of nitrogens with one attached hydrogen (secondary N) is 2. The van der Waals surface area contributed by atoms with Crippen LogP contribution in [0.25, 0.3) is 0 Å². The summed E-state index contributed by atoms with van der Waals surface area (Å²) < 4.78 is 13.2. The highest BCUT2D eigenvalue weighted by Gasteiger charge is 2.25. The molecule has 1 atom stereocenters. The molecule has 0 aliphatic carbocycles. The quantitative estimate of drug-likeness (QED) is 0.408. The molecule has 30 heavy (non-hydrogen) atoms. The van der Waals surface area contributed by atoms with Gasteiger partial charge in [-0.25, -0.2) is 4.39 Å². The third-order valence-electron chi connectivity index (χ3n) is 4.84. The van der Waals surface area contributed by atoms with E-state index in [1.54, 1.807) is 32.3 Å². The molecule has 1 amide bonds. The fourth-order valence-corrected chi connectivity index (χ4v) is 3.13. The van der Waals surface area contributed by atoms with E-state index in [2.05, 4.69) is 10.6 Å². The van der Waals surface area contributed by atoms with Crippen LogP contribution in [0.3, 0.4) is 0 Å². The van der Waals surface area contributed by atoms with Gasteiger partial charge in [-0.2, -0.15) is 0 Å². The minimum absolute atomic E-state index is 0.00492. The maximum absolute atomic E-state index is 13.2. The van der Waals surface area contributed by atoms with Crippen molar-refractivity contribution in [3.05, 3.63) is 79.9 Å². The van der Waals surface area contributed by atoms with Crippen molar-refractivity contribution in [1.29, 1.82) is 0 Å². The number of carbonyl (C=O) groups excluding carboxylic acids is 1. The first-order chi connectivity index (χ1) is 14.2. The minimum Gasteiger partial charge on any atom is -0.505 e. The number of amides is 1. The first-order valence-corrected chi connectivity index (χ1v) is 9.40. The fraction of sp³-hybridized carbons (Fsp3) is 0.227. The number of rotatable bonds is 7. The van der Waals surface area contributed by atoms with Gasteiger partial charge in [0.15, 0.2) is 5.75 Å². The molecule has 0 unspecified atom stereocenters. The summed E-state index contributed by atoms with van der Waals surface area (Å²) in [5.41, 5.74) is -0.360. The van der Waals surface area contributed by atoms with Gasteiger partial charge in [0.05, 0.1) is 17.3 Å². The molecule has 0 aromatic heterocycles. The molecule has 0 aliphatic rings. The molecule has 0 aliphatic heterocycles. The maximum atomic E-state index is 13.2. The first kappa shape index (κ1) is 21.0. The molecule has 8 heteroatoms. The van der Waals surface area contributed by atoms with E-state index in [1.807, 2.05) is 6.92 Å². The van der Waals surface area contributed by atoms with Gasteiger partial charge in [0.1, 0.15) is 17.2 Å². The van der Waals surface area contributed by atoms with Gasteiger partial charge in [0.25, 0.3) is 16.8 Å². The van der Waals surface area contributed by atoms with Crippen LogP contribution in [0, 0.1) is 5.82 Å². The van der Waals surface area contributed by atoms with Crippen molar-refractivity contribution in [1.82, 2.24) is 4.90 Å². The predicted molar refractivity (Wildman–Crippen MR) is 114 cm³/mol. The number of nitrogens with zero attached hydrogens (tertiary/aromatic N) is 1. The van der Waals surface area contributed by atoms with Crippen molar-refractivity contribution in [3.8, 4) is 5.75 Å². The fourth-order valence-electron chi connectivity index (χ4n) is 3.13. The third kappa shape index (κ3) is 3.89. The number of phenols is 1. The van der Waals surface area contributed by atoms with Gasteiger partial charge in [-0.3, -0.25) is 14.4 Å². The molecule has 3 N–H and O–H groups in total. The van der Waals surface area contributed by atoms with E-state index < -0.39 is 16.8 Å². The zero-order chi connectivity index (χ0) is 22.0. The standard InChI is InChI=1S/C22H22FN3O4/c1-4-15(12-8-10-13(23)11-9-12)24-17-18(21(29)20(17)28)25-16-7-5-6-14(19(16)27)22(30)26(2)3/h5-11,15,24-25,27H,4H2,1-3H3/t15-/m0/s1. The molecule has 3 aromatic rings. The van der Waals surface area contributed by atoms with Gasteiger partial charge >= 0.3 is 0 Å². The first-order valence-electron chi connectivity index (χ1n) is 9.40. The average molecular weight is 411 g/mol. The molecule has 156 valence electrons. The average Bonchev–Trinajstić information content (AvgIpc) is 2.74. The highest BCUT2D eigenvalue weighted by Crippen LogP contribution is 2.33. The monoisotopic (exact) mass is 411 g/mol. The maximum Gasteiger partial charge on any atom is 0.257 e. The summed E-state index contributed by atoms with van der Waals surface area (Å²) >= 11 is 0. The van der Waals surface area contributed by atoms with Crippen molar-refractivity contribution in [2.75, 3.05) is 24.7 Å². The lowest BCUT2D eigenvalue weighted by Gasteiger charge is -2.22. The van der Waals surface area contributed by atoms with E-state index in [0.29, 0.717) is 6.42 Å². The Kier molecular flexibility index (Phi) is 5.86. The van der Waals surface area contributed by atoms with Crippen LogP contribution in [0.5, 0.6) is 5.75 Å². The Bertz CT molecular complexity index is 1150. The van der Waals surface area contributed by atoms with E-state index in [9.17, 15) is 23.9 Å². The van der Waals surface area contributed by atoms with Gasteiger partial charge in [0.2, 0.25) is 0 Å². The van der Waals surface area contributed by atoms with Crippen LogP contribution in [0.4, 0.5) is 21.5 Å². The molecule has 0 saturated heterocycles. The number of carbonyl (C=O) groups is 1. The summed E-state index contributed by atoms with van der Waals surface area (Å²) in [6, 6.07) is 10.1. The largest absolute Gasteiger partial charge is 0.505 e. The number of halogens is 1. The number of hydrogen-bond donors (Lipinski definition) is 3. The lowest BCUT2D eigenvalue weighted by atomic mass is 10.0. The van der Waals surface area contributed by atoms with Crippen LogP contribution in [0.15, 0.2) is 52.1 Å². The molecule has 7 nitrogen and oxygen atoms in total. The Labute approximate surface area is 172 Å². The van der Waals surface area contributed by atoms with Crippen LogP contribution in [0.2, 0.25) is 0 Å². The van der Waals surface area contributed by atoms with E-state index in [4.69, 9.17) is 0 Å². The summed E-state index contributed by atoms with van der Waals surface area (Å²) in [4.78, 5) is 37.8. The second-order valence-corrected chi connectivity index (χ2v) is 7.09. The molecule has 0 saturated carbocycles. The SMILES string of the molecule is CC[C@H](Nc1c(Nc2cccc(C(=O)N(C)C)c2O)c(=O)c1=O)c1ccc(F)cc1. The molecule has 0 fully saturated rings. The minimum atomic E-state index is -0.727. The van der Waals surface area contributed by atoms with Crippen molar-refractivity contribution in [3.63, 3.8) is 0 Å². The van der Waals surface area contributed by atoms with Crippen LogP contribution in [0.1, 0.15) is 35.3 Å². The number of benzene rings is 2. The molecular formula is C22H22FN3O4. The summed E-state index contributed by atoms with van der Waals surface area (Å²) in [5.74, 6) is -1.09.